The van der Waals surface area contributed by atoms with E-state index in [1.54, 1.807) is 24.4 Å². The molecule has 2 N–H and O–H groups in total. The smallest absolute Gasteiger partial charge is 0.244 e. The molecule has 0 bridgehead atoms. The van der Waals surface area contributed by atoms with Gasteiger partial charge in [-0.3, -0.25) is 4.79 Å². The minimum Gasteiger partial charge on any atom is -0.396 e. The van der Waals surface area contributed by atoms with Crippen LogP contribution in [0, 0.1) is 11.8 Å². The predicted octanol–water partition coefficient (Wildman–Crippen LogP) is 2.91. The lowest BCUT2D eigenvalue weighted by Crippen LogP contribution is -2.29. The summed E-state index contributed by atoms with van der Waals surface area (Å²) in [6, 6.07) is 3.47. The van der Waals surface area contributed by atoms with Gasteiger partial charge in [-0.2, -0.15) is 0 Å². The number of aliphatic hydroxyl groups excluding tert-OH is 1. The van der Waals surface area contributed by atoms with Crippen LogP contribution in [0.25, 0.3) is 6.08 Å². The van der Waals surface area contributed by atoms with Crippen LogP contribution in [-0.4, -0.2) is 29.1 Å². The Morgan fingerprint density at radius 2 is 2.29 bits per heavy atom. The number of aromatic nitrogens is 1. The van der Waals surface area contributed by atoms with Crippen molar-refractivity contribution >= 4 is 23.6 Å². The van der Waals surface area contributed by atoms with Crippen molar-refractivity contribution in [1.82, 2.24) is 10.3 Å². The Kier molecular flexibility index (Phi) is 8.01. The minimum absolute atomic E-state index is 0.144. The minimum atomic E-state index is -0.144. The molecule has 1 unspecified atom stereocenters. The van der Waals surface area contributed by atoms with Gasteiger partial charge in [0.05, 0.1) is 0 Å². The highest BCUT2D eigenvalue weighted by Gasteiger charge is 2.11. The zero-order valence-electron chi connectivity index (χ0n) is 12.6. The van der Waals surface area contributed by atoms with Gasteiger partial charge < -0.3 is 10.4 Å². The van der Waals surface area contributed by atoms with Crippen LogP contribution in [0.2, 0.25) is 5.15 Å². The number of nitrogens with zero attached hydrogens (tertiary/aromatic N) is 1. The van der Waals surface area contributed by atoms with Gasteiger partial charge in [-0.1, -0.05) is 25.4 Å². The lowest BCUT2D eigenvalue weighted by atomic mass is 9.94. The summed E-state index contributed by atoms with van der Waals surface area (Å²) < 4.78 is 0. The molecule has 5 heteroatoms. The van der Waals surface area contributed by atoms with E-state index in [0.717, 1.165) is 12.0 Å². The van der Waals surface area contributed by atoms with Gasteiger partial charge in [0.2, 0.25) is 5.91 Å². The van der Waals surface area contributed by atoms with E-state index >= 15 is 0 Å². The Morgan fingerprint density at radius 3 is 2.90 bits per heavy atom. The fraction of sp³-hybridized carbons (Fsp3) is 0.500. The second-order valence-electron chi connectivity index (χ2n) is 5.50. The van der Waals surface area contributed by atoms with Crippen LogP contribution in [0.5, 0.6) is 0 Å². The van der Waals surface area contributed by atoms with Crippen LogP contribution >= 0.6 is 11.6 Å². The average molecular weight is 311 g/mol. The maximum absolute atomic E-state index is 11.8. The molecular weight excluding hydrogens is 288 g/mol. The molecule has 0 saturated heterocycles. The molecule has 0 aliphatic rings. The van der Waals surface area contributed by atoms with E-state index < -0.39 is 0 Å². The Hall–Kier alpha value is -1.39. The molecule has 1 heterocycles. The van der Waals surface area contributed by atoms with Gasteiger partial charge in [0.1, 0.15) is 5.15 Å². The van der Waals surface area contributed by atoms with E-state index in [1.807, 2.05) is 0 Å². The molecule has 0 spiro atoms. The second kappa shape index (κ2) is 9.53. The summed E-state index contributed by atoms with van der Waals surface area (Å²) in [5, 5.41) is 12.3. The zero-order valence-corrected chi connectivity index (χ0v) is 13.3. The molecule has 1 aromatic heterocycles. The van der Waals surface area contributed by atoms with Crippen molar-refractivity contribution in [3.8, 4) is 0 Å². The van der Waals surface area contributed by atoms with Crippen molar-refractivity contribution in [2.24, 2.45) is 11.8 Å². The van der Waals surface area contributed by atoms with Gasteiger partial charge in [0, 0.05) is 25.4 Å². The monoisotopic (exact) mass is 310 g/mol. The van der Waals surface area contributed by atoms with Crippen LogP contribution < -0.4 is 5.32 Å². The molecule has 116 valence electrons. The summed E-state index contributed by atoms with van der Waals surface area (Å²) in [7, 11) is 0. The number of pyridine rings is 1. The topological polar surface area (TPSA) is 62.2 Å². The van der Waals surface area contributed by atoms with Gasteiger partial charge in [-0.25, -0.2) is 4.98 Å². The molecule has 1 rings (SSSR count). The first-order valence-electron chi connectivity index (χ1n) is 7.19. The molecule has 0 aliphatic carbocycles. The summed E-state index contributed by atoms with van der Waals surface area (Å²) >= 11 is 5.78. The average Bonchev–Trinajstić information content (AvgIpc) is 2.42. The highest BCUT2D eigenvalue weighted by Crippen LogP contribution is 2.14. The van der Waals surface area contributed by atoms with E-state index in [2.05, 4.69) is 24.1 Å². The molecular formula is C16H23ClN2O2. The number of hydrogen-bond donors (Lipinski definition) is 2. The standard InChI is InChI=1S/C16H23ClN2O2/c1-12(2)9-14(6-8-20)11-19-16(21)4-3-13-5-7-18-15(17)10-13/h3-5,7,10,12,14,20H,6,8-9,11H2,1-2H3,(H,19,21)/b4-3+. The van der Waals surface area contributed by atoms with Crippen LogP contribution in [0.15, 0.2) is 24.4 Å². The molecule has 0 aliphatic heterocycles. The molecule has 1 atom stereocenters. The first-order chi connectivity index (χ1) is 10.0. The van der Waals surface area contributed by atoms with Crippen LogP contribution in [0.4, 0.5) is 0 Å². The van der Waals surface area contributed by atoms with Crippen LogP contribution in [0.3, 0.4) is 0 Å². The third-order valence-corrected chi connectivity index (χ3v) is 3.29. The van der Waals surface area contributed by atoms with Crippen LogP contribution in [0.1, 0.15) is 32.3 Å². The molecule has 0 radical (unpaired) electrons. The highest BCUT2D eigenvalue weighted by atomic mass is 35.5. The van der Waals surface area contributed by atoms with E-state index in [4.69, 9.17) is 16.7 Å². The molecule has 0 fully saturated rings. The Bertz CT molecular complexity index is 475. The van der Waals surface area contributed by atoms with E-state index in [1.165, 1.54) is 6.08 Å². The highest BCUT2D eigenvalue weighted by molar-refractivity contribution is 6.29. The zero-order chi connectivity index (χ0) is 15.7. The first kappa shape index (κ1) is 17.7. The van der Waals surface area contributed by atoms with Crippen LogP contribution in [-0.2, 0) is 4.79 Å². The quantitative estimate of drug-likeness (QED) is 0.573. The first-order valence-corrected chi connectivity index (χ1v) is 7.57. The third kappa shape index (κ3) is 7.83. The lowest BCUT2D eigenvalue weighted by molar-refractivity contribution is -0.116. The molecule has 0 aromatic carbocycles. The molecule has 1 aromatic rings. The number of amides is 1. The van der Waals surface area contributed by atoms with Gasteiger partial charge >= 0.3 is 0 Å². The second-order valence-corrected chi connectivity index (χ2v) is 5.89. The van der Waals surface area contributed by atoms with Crippen molar-refractivity contribution in [1.29, 1.82) is 0 Å². The number of rotatable bonds is 8. The SMILES string of the molecule is CC(C)CC(CCO)CNC(=O)/C=C/c1ccnc(Cl)c1. The van der Waals surface area contributed by atoms with Crippen molar-refractivity contribution < 1.29 is 9.90 Å². The number of carbonyl (C=O) groups excluding carboxylic acids is 1. The summed E-state index contributed by atoms with van der Waals surface area (Å²) in [6.45, 7) is 5.01. The van der Waals surface area contributed by atoms with Gasteiger partial charge in [0.25, 0.3) is 0 Å². The van der Waals surface area contributed by atoms with Gasteiger partial charge in [-0.05, 0) is 48.4 Å². The summed E-state index contributed by atoms with van der Waals surface area (Å²) in [5.74, 6) is 0.713. The van der Waals surface area contributed by atoms with E-state index in [0.29, 0.717) is 30.0 Å². The summed E-state index contributed by atoms with van der Waals surface area (Å²) in [5.41, 5.74) is 0.833. The number of aliphatic hydroxyl groups is 1. The van der Waals surface area contributed by atoms with E-state index in [9.17, 15) is 4.79 Å². The number of nitrogens with one attached hydrogen (secondary N) is 1. The maximum Gasteiger partial charge on any atom is 0.244 e. The normalized spacial score (nSPS) is 12.8. The summed E-state index contributed by atoms with van der Waals surface area (Å²) in [6.07, 6.45) is 6.48. The Labute approximate surface area is 131 Å². The fourth-order valence-electron chi connectivity index (χ4n) is 2.15. The van der Waals surface area contributed by atoms with Crippen molar-refractivity contribution in [2.75, 3.05) is 13.2 Å². The van der Waals surface area contributed by atoms with Gasteiger partial charge in [0.15, 0.2) is 0 Å². The Balaban J connectivity index is 2.45. The van der Waals surface area contributed by atoms with Gasteiger partial charge in [-0.15, -0.1) is 0 Å². The number of halogens is 1. The number of carbonyl (C=O) groups is 1. The number of hydrogen-bond acceptors (Lipinski definition) is 3. The van der Waals surface area contributed by atoms with E-state index in [-0.39, 0.29) is 12.5 Å². The van der Waals surface area contributed by atoms with Crippen molar-refractivity contribution in [3.05, 3.63) is 35.1 Å². The lowest BCUT2D eigenvalue weighted by Gasteiger charge is -2.18. The predicted molar refractivity (Wildman–Crippen MR) is 85.9 cm³/mol. The maximum atomic E-state index is 11.8. The fourth-order valence-corrected chi connectivity index (χ4v) is 2.33. The van der Waals surface area contributed by atoms with Crippen molar-refractivity contribution in [3.63, 3.8) is 0 Å². The molecule has 4 nitrogen and oxygen atoms in total. The Morgan fingerprint density at radius 1 is 1.52 bits per heavy atom. The largest absolute Gasteiger partial charge is 0.396 e. The summed E-state index contributed by atoms with van der Waals surface area (Å²) in [4.78, 5) is 15.7. The molecule has 1 amide bonds. The molecule has 21 heavy (non-hydrogen) atoms. The third-order valence-electron chi connectivity index (χ3n) is 3.08. The molecule has 0 saturated carbocycles. The van der Waals surface area contributed by atoms with Crippen molar-refractivity contribution in [2.45, 2.75) is 26.7 Å².